The first kappa shape index (κ1) is 15.6. The molecule has 3 N–H and O–H groups in total. The van der Waals surface area contributed by atoms with E-state index in [0.717, 1.165) is 5.39 Å². The van der Waals surface area contributed by atoms with Gasteiger partial charge in [0.25, 0.3) is 0 Å². The quantitative estimate of drug-likeness (QED) is 0.495. The molecule has 1 aliphatic rings. The highest BCUT2D eigenvalue weighted by molar-refractivity contribution is 6.26. The molecule has 0 fully saturated rings. The third-order valence-electron chi connectivity index (χ3n) is 3.91. The topological polar surface area (TPSA) is 104 Å². The molecular weight excluding hydrogens is 334 g/mol. The lowest BCUT2D eigenvalue weighted by molar-refractivity contribution is -0.134. The highest BCUT2D eigenvalue weighted by Crippen LogP contribution is 2.29. The van der Waals surface area contributed by atoms with E-state index in [9.17, 15) is 14.7 Å². The van der Waals surface area contributed by atoms with E-state index in [4.69, 9.17) is 4.74 Å². The second-order valence-corrected chi connectivity index (χ2v) is 5.58. The second-order valence-electron chi connectivity index (χ2n) is 5.58. The molecule has 0 radical (unpaired) electrons. The van der Waals surface area contributed by atoms with E-state index in [-0.39, 0.29) is 11.6 Å². The lowest BCUT2D eigenvalue weighted by Gasteiger charge is -2.07. The molecule has 3 heterocycles. The average Bonchev–Trinajstić information content (AvgIpc) is 3.18. The summed E-state index contributed by atoms with van der Waals surface area (Å²) in [4.78, 5) is 31.2. The van der Waals surface area contributed by atoms with Gasteiger partial charge in [0.1, 0.15) is 5.65 Å². The first-order valence-electron chi connectivity index (χ1n) is 7.79. The van der Waals surface area contributed by atoms with Crippen molar-refractivity contribution in [3.8, 4) is 0 Å². The number of nitrogens with zero attached hydrogens (tertiary/aromatic N) is 1. The number of ketones is 1. The molecule has 1 aliphatic heterocycles. The van der Waals surface area contributed by atoms with Crippen LogP contribution in [-0.4, -0.2) is 26.8 Å². The minimum absolute atomic E-state index is 0.0643. The zero-order chi connectivity index (χ0) is 18.1. The number of benzene rings is 1. The van der Waals surface area contributed by atoms with Gasteiger partial charge in [-0.3, -0.25) is 4.79 Å². The maximum absolute atomic E-state index is 12.5. The lowest BCUT2D eigenvalue weighted by Crippen LogP contribution is -2.12. The molecule has 4 rings (SSSR count). The van der Waals surface area contributed by atoms with Crippen molar-refractivity contribution in [2.45, 2.75) is 0 Å². The highest BCUT2D eigenvalue weighted by atomic mass is 16.5. The number of hydrogen-bond donors (Lipinski definition) is 3. The van der Waals surface area contributed by atoms with Gasteiger partial charge in [0.05, 0.1) is 0 Å². The predicted octanol–water partition coefficient (Wildman–Crippen LogP) is 2.91. The molecule has 0 unspecified atom stereocenters. The summed E-state index contributed by atoms with van der Waals surface area (Å²) < 4.78 is 5.54. The number of para-hydroxylation sites is 1. The van der Waals surface area contributed by atoms with E-state index < -0.39 is 17.3 Å². The van der Waals surface area contributed by atoms with Gasteiger partial charge in [-0.2, -0.15) is 0 Å². The monoisotopic (exact) mass is 347 g/mol. The van der Waals surface area contributed by atoms with Gasteiger partial charge in [-0.05, 0) is 30.3 Å². The van der Waals surface area contributed by atoms with Crippen molar-refractivity contribution in [1.29, 1.82) is 0 Å². The Kier molecular flexibility index (Phi) is 3.74. The molecule has 0 amide bonds. The second kappa shape index (κ2) is 6.21. The van der Waals surface area contributed by atoms with Crippen molar-refractivity contribution in [2.24, 2.45) is 0 Å². The van der Waals surface area contributed by atoms with Crippen LogP contribution in [0, 0.1) is 0 Å². The summed E-state index contributed by atoms with van der Waals surface area (Å²) >= 11 is 0. The predicted molar refractivity (Wildman–Crippen MR) is 94.9 cm³/mol. The van der Waals surface area contributed by atoms with Crippen molar-refractivity contribution < 1.29 is 19.4 Å². The van der Waals surface area contributed by atoms with Gasteiger partial charge in [-0.15, -0.1) is 0 Å². The van der Waals surface area contributed by atoms with Gasteiger partial charge >= 0.3 is 5.97 Å². The summed E-state index contributed by atoms with van der Waals surface area (Å²) in [5.41, 5.74) is 1.53. The van der Waals surface area contributed by atoms with Crippen LogP contribution in [0.1, 0.15) is 5.56 Å². The number of nitrogens with one attached hydrogen (secondary N) is 2. The Morgan fingerprint density at radius 1 is 1.19 bits per heavy atom. The number of aromatic nitrogens is 2. The zero-order valence-electron chi connectivity index (χ0n) is 13.4. The van der Waals surface area contributed by atoms with Crippen LogP contribution in [0.15, 0.2) is 72.1 Å². The zero-order valence-corrected chi connectivity index (χ0v) is 13.4. The summed E-state index contributed by atoms with van der Waals surface area (Å²) in [7, 11) is 0. The summed E-state index contributed by atoms with van der Waals surface area (Å²) in [5.74, 6) is -2.20. The van der Waals surface area contributed by atoms with Crippen LogP contribution in [0.2, 0.25) is 0 Å². The van der Waals surface area contributed by atoms with Crippen LogP contribution in [-0.2, 0) is 14.3 Å². The normalized spacial score (nSPS) is 15.5. The third kappa shape index (κ3) is 2.71. The summed E-state index contributed by atoms with van der Waals surface area (Å²) in [6.45, 7) is 0. The Hall–Kier alpha value is -3.87. The summed E-state index contributed by atoms with van der Waals surface area (Å²) in [6.07, 6.45) is 4.84. The van der Waals surface area contributed by atoms with Crippen LogP contribution in [0.4, 0.5) is 5.69 Å². The van der Waals surface area contributed by atoms with Crippen molar-refractivity contribution in [3.05, 3.63) is 77.6 Å². The molecule has 7 heteroatoms. The Bertz CT molecular complexity index is 1080. The van der Waals surface area contributed by atoms with Crippen LogP contribution in [0.3, 0.4) is 0 Å². The van der Waals surface area contributed by atoms with Crippen LogP contribution in [0.25, 0.3) is 17.1 Å². The maximum atomic E-state index is 12.5. The largest absolute Gasteiger partial charge is 0.477 e. The van der Waals surface area contributed by atoms with E-state index in [0.29, 0.717) is 16.9 Å². The Labute approximate surface area is 147 Å². The fourth-order valence-electron chi connectivity index (χ4n) is 2.70. The fraction of sp³-hybridized carbons (Fsp3) is 0. The van der Waals surface area contributed by atoms with E-state index in [1.807, 2.05) is 12.1 Å². The molecule has 0 atom stereocenters. The van der Waals surface area contributed by atoms with E-state index in [1.165, 1.54) is 6.08 Å². The average molecular weight is 347 g/mol. The van der Waals surface area contributed by atoms with Gasteiger partial charge < -0.3 is 20.1 Å². The fourth-order valence-corrected chi connectivity index (χ4v) is 2.70. The van der Waals surface area contributed by atoms with Crippen molar-refractivity contribution in [1.82, 2.24) is 9.97 Å². The SMILES string of the molecule is O=C(O)C1=C(Nc2ccccc2)OC(=Cc2c[nH]c3ncccc23)C1=O. The molecule has 0 saturated heterocycles. The number of ether oxygens (including phenoxy) is 1. The number of Topliss-reactive ketones (excluding diaryl/α,β-unsaturated/α-hetero) is 1. The van der Waals surface area contributed by atoms with E-state index in [1.54, 1.807) is 42.7 Å². The van der Waals surface area contributed by atoms with Crippen LogP contribution in [0.5, 0.6) is 0 Å². The van der Waals surface area contributed by atoms with Crippen molar-refractivity contribution in [3.63, 3.8) is 0 Å². The number of hydrogen-bond acceptors (Lipinski definition) is 5. The standard InChI is InChI=1S/C19H13N3O4/c23-16-14(9-11-10-21-17-13(11)7-4-8-20-17)26-18(15(16)19(24)25)22-12-5-2-1-3-6-12/h1-10,22H,(H,20,21)(H,24,25). The molecule has 0 saturated carbocycles. The van der Waals surface area contributed by atoms with Crippen molar-refractivity contribution in [2.75, 3.05) is 5.32 Å². The van der Waals surface area contributed by atoms with Gasteiger partial charge in [-0.1, -0.05) is 18.2 Å². The number of fused-ring (bicyclic) bond motifs is 1. The molecule has 7 nitrogen and oxygen atoms in total. The number of anilines is 1. The van der Waals surface area contributed by atoms with Crippen LogP contribution < -0.4 is 5.32 Å². The Morgan fingerprint density at radius 2 is 2.00 bits per heavy atom. The molecule has 0 bridgehead atoms. The van der Waals surface area contributed by atoms with Gasteiger partial charge in [-0.25, -0.2) is 9.78 Å². The first-order valence-corrected chi connectivity index (χ1v) is 7.79. The number of rotatable bonds is 4. The highest BCUT2D eigenvalue weighted by Gasteiger charge is 2.36. The molecule has 3 aromatic rings. The van der Waals surface area contributed by atoms with Gasteiger partial charge in [0.15, 0.2) is 11.3 Å². The molecular formula is C19H13N3O4. The number of H-pyrrole nitrogens is 1. The number of carboxylic acid groups (broad SMARTS) is 1. The van der Waals surface area contributed by atoms with Crippen LogP contribution >= 0.6 is 0 Å². The minimum Gasteiger partial charge on any atom is -0.477 e. The minimum atomic E-state index is -1.35. The number of allylic oxidation sites excluding steroid dienone is 1. The van der Waals surface area contributed by atoms with Gasteiger partial charge in [0.2, 0.25) is 11.7 Å². The number of aliphatic carboxylic acids is 1. The Morgan fingerprint density at radius 3 is 2.77 bits per heavy atom. The molecule has 1 aromatic carbocycles. The first-order chi connectivity index (χ1) is 12.6. The lowest BCUT2D eigenvalue weighted by atomic mass is 10.1. The maximum Gasteiger partial charge on any atom is 0.345 e. The van der Waals surface area contributed by atoms with Crippen molar-refractivity contribution >= 4 is 34.5 Å². The number of aromatic amines is 1. The third-order valence-corrected chi connectivity index (χ3v) is 3.91. The molecule has 0 aliphatic carbocycles. The summed E-state index contributed by atoms with van der Waals surface area (Å²) in [6, 6.07) is 12.5. The number of pyridine rings is 1. The number of carbonyl (C=O) groups excluding carboxylic acids is 1. The van der Waals surface area contributed by atoms with Gasteiger partial charge in [0, 0.05) is 29.0 Å². The Balaban J connectivity index is 1.70. The summed E-state index contributed by atoms with van der Waals surface area (Å²) in [5, 5.41) is 13.1. The number of carboxylic acids is 1. The molecule has 0 spiro atoms. The number of carbonyl (C=O) groups is 2. The smallest absolute Gasteiger partial charge is 0.345 e. The van der Waals surface area contributed by atoms with E-state index in [2.05, 4.69) is 15.3 Å². The van der Waals surface area contributed by atoms with E-state index >= 15 is 0 Å². The molecule has 26 heavy (non-hydrogen) atoms. The molecule has 128 valence electrons. The molecule has 2 aromatic heterocycles.